The first-order valence-corrected chi connectivity index (χ1v) is 5.38. The van der Waals surface area contributed by atoms with E-state index in [0.29, 0.717) is 32.1 Å². The molecule has 0 aliphatic heterocycles. The van der Waals surface area contributed by atoms with E-state index in [2.05, 4.69) is 0 Å². The number of alkyl halides is 1. The van der Waals surface area contributed by atoms with Gasteiger partial charge >= 0.3 is 5.97 Å². The van der Waals surface area contributed by atoms with Crippen LogP contribution in [0.15, 0.2) is 0 Å². The fraction of sp³-hybridized carbons (Fsp3) is 0.818. The third kappa shape index (κ3) is 2.36. The fourth-order valence-electron chi connectivity index (χ4n) is 2.28. The highest BCUT2D eigenvalue weighted by atomic mass is 19.1. The van der Waals surface area contributed by atoms with E-state index in [1.54, 1.807) is 6.92 Å². The molecule has 0 radical (unpaired) electrons. The molecule has 1 rings (SSSR count). The van der Waals surface area contributed by atoms with Crippen LogP contribution in [0.1, 0.15) is 39.0 Å². The predicted molar refractivity (Wildman–Crippen MR) is 53.3 cm³/mol. The summed E-state index contributed by atoms with van der Waals surface area (Å²) in [5.74, 6) is -1.28. The highest BCUT2D eigenvalue weighted by Gasteiger charge is 2.42. The Morgan fingerprint density at radius 2 is 1.93 bits per heavy atom. The van der Waals surface area contributed by atoms with E-state index in [1.807, 2.05) is 0 Å². The lowest BCUT2D eigenvalue weighted by Gasteiger charge is -2.35. The molecule has 1 N–H and O–H groups in total. The van der Waals surface area contributed by atoms with E-state index in [0.717, 1.165) is 0 Å². The molecule has 0 aromatic heterocycles. The smallest absolute Gasteiger partial charge is 0.306 e. The zero-order valence-electron chi connectivity index (χ0n) is 8.96. The lowest BCUT2D eigenvalue weighted by atomic mass is 9.68. The summed E-state index contributed by atoms with van der Waals surface area (Å²) in [5, 5.41) is 8.80. The van der Waals surface area contributed by atoms with Gasteiger partial charge in [0.1, 0.15) is 12.5 Å². The molecule has 86 valence electrons. The molecular formula is C11H17FO3. The number of hydrogen-bond donors (Lipinski definition) is 1. The van der Waals surface area contributed by atoms with Crippen molar-refractivity contribution in [1.29, 1.82) is 0 Å². The van der Waals surface area contributed by atoms with E-state index >= 15 is 0 Å². The quantitative estimate of drug-likeness (QED) is 0.783. The van der Waals surface area contributed by atoms with Crippen molar-refractivity contribution >= 4 is 11.8 Å². The molecule has 0 heterocycles. The van der Waals surface area contributed by atoms with Gasteiger partial charge in [0, 0.05) is 6.42 Å². The topological polar surface area (TPSA) is 54.4 Å². The second kappa shape index (κ2) is 4.73. The SMILES string of the molecule is CCC(=O)[C@]1(CF)CC[C@H](C(=O)O)CC1. The van der Waals surface area contributed by atoms with Gasteiger partial charge in [0.2, 0.25) is 0 Å². The molecule has 1 aliphatic carbocycles. The number of carboxylic acid groups (broad SMARTS) is 1. The maximum absolute atomic E-state index is 12.9. The van der Waals surface area contributed by atoms with Crippen LogP contribution in [0.5, 0.6) is 0 Å². The second-order valence-electron chi connectivity index (χ2n) is 4.30. The van der Waals surface area contributed by atoms with Gasteiger partial charge in [0.15, 0.2) is 0 Å². The van der Waals surface area contributed by atoms with E-state index in [4.69, 9.17) is 5.11 Å². The number of rotatable bonds is 4. The molecule has 1 aliphatic rings. The summed E-state index contributed by atoms with van der Waals surface area (Å²) >= 11 is 0. The molecule has 1 fully saturated rings. The number of carboxylic acids is 1. The fourth-order valence-corrected chi connectivity index (χ4v) is 2.28. The maximum Gasteiger partial charge on any atom is 0.306 e. The Bertz CT molecular complexity index is 255. The van der Waals surface area contributed by atoms with Crippen LogP contribution < -0.4 is 0 Å². The molecule has 0 aromatic carbocycles. The summed E-state index contributed by atoms with van der Waals surface area (Å²) < 4.78 is 12.9. The van der Waals surface area contributed by atoms with Crippen LogP contribution in [-0.2, 0) is 9.59 Å². The summed E-state index contributed by atoms with van der Waals surface area (Å²) in [5.41, 5.74) is -0.874. The normalized spacial score (nSPS) is 31.2. The summed E-state index contributed by atoms with van der Waals surface area (Å²) in [4.78, 5) is 22.3. The Hall–Kier alpha value is -0.930. The highest BCUT2D eigenvalue weighted by Crippen LogP contribution is 2.40. The first-order valence-electron chi connectivity index (χ1n) is 5.38. The van der Waals surface area contributed by atoms with Crippen molar-refractivity contribution in [3.05, 3.63) is 0 Å². The Morgan fingerprint density at radius 1 is 1.40 bits per heavy atom. The first kappa shape index (κ1) is 12.1. The van der Waals surface area contributed by atoms with Gasteiger partial charge in [-0.2, -0.15) is 0 Å². The molecule has 0 saturated heterocycles. The predicted octanol–water partition coefficient (Wildman–Crippen LogP) is 2.20. The standard InChI is InChI=1S/C11H17FO3/c1-2-9(13)11(7-12)5-3-8(4-6-11)10(14)15/h8H,2-7H2,1H3,(H,14,15)/t8-,11+. The molecule has 0 amide bonds. The van der Waals surface area contributed by atoms with Crippen molar-refractivity contribution in [3.8, 4) is 0 Å². The van der Waals surface area contributed by atoms with Gasteiger partial charge in [-0.3, -0.25) is 14.0 Å². The molecule has 0 aromatic rings. The van der Waals surface area contributed by atoms with Crippen LogP contribution in [0.4, 0.5) is 4.39 Å². The number of hydrogen-bond acceptors (Lipinski definition) is 2. The van der Waals surface area contributed by atoms with E-state index in [9.17, 15) is 14.0 Å². The molecule has 0 unspecified atom stereocenters. The van der Waals surface area contributed by atoms with Gasteiger partial charge in [0.05, 0.1) is 11.3 Å². The Kier molecular flexibility index (Phi) is 3.83. The number of halogens is 1. The first-order chi connectivity index (χ1) is 7.05. The van der Waals surface area contributed by atoms with Gasteiger partial charge < -0.3 is 5.11 Å². The third-order valence-corrected chi connectivity index (χ3v) is 3.46. The zero-order valence-corrected chi connectivity index (χ0v) is 8.96. The van der Waals surface area contributed by atoms with Crippen molar-refractivity contribution < 1.29 is 19.1 Å². The van der Waals surface area contributed by atoms with Crippen molar-refractivity contribution in [3.63, 3.8) is 0 Å². The number of carbonyl (C=O) groups excluding carboxylic acids is 1. The molecule has 0 bridgehead atoms. The lowest BCUT2D eigenvalue weighted by Crippen LogP contribution is -2.38. The van der Waals surface area contributed by atoms with E-state index in [-0.39, 0.29) is 5.78 Å². The molecule has 0 atom stereocenters. The molecule has 3 nitrogen and oxygen atoms in total. The monoisotopic (exact) mass is 216 g/mol. The Labute approximate surface area is 88.7 Å². The number of ketones is 1. The van der Waals surface area contributed by atoms with Crippen LogP contribution in [0.2, 0.25) is 0 Å². The minimum atomic E-state index is -0.874. The summed E-state index contributed by atoms with van der Waals surface area (Å²) in [6, 6.07) is 0. The van der Waals surface area contributed by atoms with Crippen LogP contribution in [-0.4, -0.2) is 23.5 Å². The van der Waals surface area contributed by atoms with Crippen LogP contribution in [0.3, 0.4) is 0 Å². The molecule has 15 heavy (non-hydrogen) atoms. The molecular weight excluding hydrogens is 199 g/mol. The average Bonchev–Trinajstić information content (AvgIpc) is 2.27. The molecule has 0 spiro atoms. The summed E-state index contributed by atoms with van der Waals surface area (Å²) in [6.45, 7) is 1.08. The van der Waals surface area contributed by atoms with Crippen LogP contribution in [0.25, 0.3) is 0 Å². The third-order valence-electron chi connectivity index (χ3n) is 3.46. The minimum absolute atomic E-state index is 0.0613. The van der Waals surface area contributed by atoms with Gasteiger partial charge in [-0.25, -0.2) is 0 Å². The van der Waals surface area contributed by atoms with Gasteiger partial charge in [-0.1, -0.05) is 6.92 Å². The van der Waals surface area contributed by atoms with Gasteiger partial charge in [0.25, 0.3) is 0 Å². The lowest BCUT2D eigenvalue weighted by molar-refractivity contribution is -0.146. The number of carbonyl (C=O) groups is 2. The van der Waals surface area contributed by atoms with Crippen LogP contribution >= 0.6 is 0 Å². The Balaban J connectivity index is 2.66. The van der Waals surface area contributed by atoms with Crippen molar-refractivity contribution in [2.45, 2.75) is 39.0 Å². The van der Waals surface area contributed by atoms with E-state index < -0.39 is 24.0 Å². The number of aliphatic carboxylic acids is 1. The molecule has 4 heteroatoms. The number of Topliss-reactive ketones (excluding diaryl/α,β-unsaturated/α-hetero) is 1. The molecule has 1 saturated carbocycles. The zero-order chi connectivity index (χ0) is 11.5. The average molecular weight is 216 g/mol. The van der Waals surface area contributed by atoms with Crippen LogP contribution in [0, 0.1) is 11.3 Å². The van der Waals surface area contributed by atoms with Crippen molar-refractivity contribution in [2.24, 2.45) is 11.3 Å². The van der Waals surface area contributed by atoms with Gasteiger partial charge in [-0.15, -0.1) is 0 Å². The van der Waals surface area contributed by atoms with Gasteiger partial charge in [-0.05, 0) is 25.7 Å². The maximum atomic E-state index is 12.9. The van der Waals surface area contributed by atoms with Crippen molar-refractivity contribution in [1.82, 2.24) is 0 Å². The van der Waals surface area contributed by atoms with E-state index in [1.165, 1.54) is 0 Å². The second-order valence-corrected chi connectivity index (χ2v) is 4.30. The summed E-state index contributed by atoms with van der Waals surface area (Å²) in [6.07, 6.45) is 1.94. The largest absolute Gasteiger partial charge is 0.481 e. The Morgan fingerprint density at radius 3 is 2.27 bits per heavy atom. The highest BCUT2D eigenvalue weighted by molar-refractivity contribution is 5.85. The summed E-state index contributed by atoms with van der Waals surface area (Å²) in [7, 11) is 0. The minimum Gasteiger partial charge on any atom is -0.481 e. The van der Waals surface area contributed by atoms with Crippen molar-refractivity contribution in [2.75, 3.05) is 6.67 Å².